The summed E-state index contributed by atoms with van der Waals surface area (Å²) in [4.78, 5) is 12.4. The van der Waals surface area contributed by atoms with E-state index in [4.69, 9.17) is 18.0 Å². The van der Waals surface area contributed by atoms with Gasteiger partial charge in [0.05, 0.1) is 10.9 Å². The summed E-state index contributed by atoms with van der Waals surface area (Å²) in [7, 11) is 0. The molecule has 92 valence electrons. The maximum atomic E-state index is 12.1. The molecule has 1 saturated carbocycles. The van der Waals surface area contributed by atoms with E-state index in [0.717, 1.165) is 0 Å². The Balaban J connectivity index is 2.65. The van der Waals surface area contributed by atoms with Gasteiger partial charge in [-0.2, -0.15) is 0 Å². The first-order valence-electron chi connectivity index (χ1n) is 5.87. The molecule has 3 N–H and O–H groups in total. The van der Waals surface area contributed by atoms with E-state index in [0.29, 0.717) is 10.9 Å². The molecule has 3 nitrogen and oxygen atoms in total. The van der Waals surface area contributed by atoms with E-state index >= 15 is 0 Å². The van der Waals surface area contributed by atoms with Crippen LogP contribution in [0.15, 0.2) is 0 Å². The van der Waals surface area contributed by atoms with Crippen LogP contribution in [0.4, 0.5) is 0 Å². The Labute approximate surface area is 103 Å². The molecule has 0 aromatic carbocycles. The van der Waals surface area contributed by atoms with Crippen LogP contribution in [0.1, 0.15) is 40.5 Å². The zero-order valence-electron chi connectivity index (χ0n) is 10.5. The van der Waals surface area contributed by atoms with E-state index in [1.165, 1.54) is 12.8 Å². The van der Waals surface area contributed by atoms with Gasteiger partial charge in [0, 0.05) is 5.54 Å². The lowest BCUT2D eigenvalue weighted by Crippen LogP contribution is -2.51. The van der Waals surface area contributed by atoms with Crippen LogP contribution in [-0.2, 0) is 4.79 Å². The summed E-state index contributed by atoms with van der Waals surface area (Å²) in [5, 5.41) is 3.07. The lowest BCUT2D eigenvalue weighted by atomic mass is 9.92. The first-order chi connectivity index (χ1) is 7.25. The fourth-order valence-electron chi connectivity index (χ4n) is 2.06. The van der Waals surface area contributed by atoms with Crippen LogP contribution < -0.4 is 11.1 Å². The predicted octanol–water partition coefficient (Wildman–Crippen LogP) is 1.85. The van der Waals surface area contributed by atoms with Gasteiger partial charge in [-0.3, -0.25) is 4.79 Å². The van der Waals surface area contributed by atoms with Gasteiger partial charge < -0.3 is 11.1 Å². The van der Waals surface area contributed by atoms with Gasteiger partial charge in [-0.25, -0.2) is 0 Å². The molecule has 0 spiro atoms. The molecule has 0 aliphatic heterocycles. The van der Waals surface area contributed by atoms with Crippen LogP contribution in [-0.4, -0.2) is 16.4 Å². The number of nitrogens with two attached hydrogens (primary N) is 1. The van der Waals surface area contributed by atoms with Crippen LogP contribution in [0.5, 0.6) is 0 Å². The maximum absolute atomic E-state index is 12.1. The van der Waals surface area contributed by atoms with E-state index in [1.807, 2.05) is 13.8 Å². The molecule has 0 bridgehead atoms. The van der Waals surface area contributed by atoms with E-state index < -0.39 is 0 Å². The van der Waals surface area contributed by atoms with Crippen molar-refractivity contribution in [2.45, 2.75) is 46.1 Å². The van der Waals surface area contributed by atoms with Crippen molar-refractivity contribution in [3.8, 4) is 0 Å². The highest BCUT2D eigenvalue weighted by molar-refractivity contribution is 7.80. The first kappa shape index (κ1) is 13.4. The fraction of sp³-hybridized carbons (Fsp3) is 0.833. The molecule has 1 amide bonds. The van der Waals surface area contributed by atoms with Crippen LogP contribution in [0, 0.1) is 17.8 Å². The molecule has 1 unspecified atom stereocenters. The molecular weight excluding hydrogens is 220 g/mol. The number of thiocarbonyl (C=S) groups is 1. The van der Waals surface area contributed by atoms with Gasteiger partial charge >= 0.3 is 0 Å². The van der Waals surface area contributed by atoms with Gasteiger partial charge in [0.2, 0.25) is 5.91 Å². The summed E-state index contributed by atoms with van der Waals surface area (Å²) in [5.41, 5.74) is 5.49. The van der Waals surface area contributed by atoms with E-state index in [1.54, 1.807) is 0 Å². The summed E-state index contributed by atoms with van der Waals surface area (Å²) in [6.07, 6.45) is 2.40. The van der Waals surface area contributed by atoms with Crippen molar-refractivity contribution in [3.05, 3.63) is 0 Å². The molecule has 0 aromatic rings. The monoisotopic (exact) mass is 242 g/mol. The van der Waals surface area contributed by atoms with Crippen molar-refractivity contribution in [2.24, 2.45) is 23.5 Å². The van der Waals surface area contributed by atoms with E-state index in [9.17, 15) is 4.79 Å². The van der Waals surface area contributed by atoms with Gasteiger partial charge in [0.25, 0.3) is 0 Å². The lowest BCUT2D eigenvalue weighted by Gasteiger charge is -2.29. The Bertz CT molecular complexity index is 295. The quantitative estimate of drug-likeness (QED) is 0.723. The summed E-state index contributed by atoms with van der Waals surface area (Å²) in [6, 6.07) is 0. The Morgan fingerprint density at radius 2 is 1.94 bits per heavy atom. The molecule has 0 heterocycles. The number of rotatable bonds is 5. The topological polar surface area (TPSA) is 55.1 Å². The largest absolute Gasteiger partial charge is 0.393 e. The number of hydrogen-bond donors (Lipinski definition) is 2. The van der Waals surface area contributed by atoms with Crippen LogP contribution in [0.2, 0.25) is 0 Å². The number of hydrogen-bond acceptors (Lipinski definition) is 2. The SMILES string of the molecule is CC(C)C(C(=O)NC(C)(C)C1CC1)C(N)=S. The van der Waals surface area contributed by atoms with E-state index in [-0.39, 0.29) is 23.3 Å². The van der Waals surface area contributed by atoms with Gasteiger partial charge in [-0.05, 0) is 38.5 Å². The van der Waals surface area contributed by atoms with Gasteiger partial charge in [-0.1, -0.05) is 26.1 Å². The standard InChI is InChI=1S/C12H22N2OS/c1-7(2)9(10(13)16)11(15)14-12(3,4)8-5-6-8/h7-9H,5-6H2,1-4H3,(H2,13,16)(H,14,15). The predicted molar refractivity (Wildman–Crippen MR) is 70.1 cm³/mol. The van der Waals surface area contributed by atoms with Crippen molar-refractivity contribution in [1.29, 1.82) is 0 Å². The first-order valence-corrected chi connectivity index (χ1v) is 6.28. The average Bonchev–Trinajstić information content (AvgIpc) is 2.80. The average molecular weight is 242 g/mol. The third-order valence-electron chi connectivity index (χ3n) is 3.30. The Morgan fingerprint density at radius 1 is 1.44 bits per heavy atom. The van der Waals surface area contributed by atoms with Gasteiger partial charge in [0.15, 0.2) is 0 Å². The molecular formula is C12H22N2OS. The second kappa shape index (κ2) is 4.70. The number of nitrogens with one attached hydrogen (secondary N) is 1. The van der Waals surface area contributed by atoms with Crippen molar-refractivity contribution >= 4 is 23.1 Å². The molecule has 0 aromatic heterocycles. The van der Waals surface area contributed by atoms with Crippen molar-refractivity contribution in [1.82, 2.24) is 5.32 Å². The zero-order chi connectivity index (χ0) is 12.5. The van der Waals surface area contributed by atoms with Crippen molar-refractivity contribution in [3.63, 3.8) is 0 Å². The Morgan fingerprint density at radius 3 is 2.25 bits per heavy atom. The molecule has 0 saturated heterocycles. The molecule has 0 radical (unpaired) electrons. The highest BCUT2D eigenvalue weighted by Gasteiger charge is 2.40. The molecule has 1 atom stereocenters. The van der Waals surface area contributed by atoms with Crippen LogP contribution in [0.3, 0.4) is 0 Å². The number of carbonyl (C=O) groups is 1. The summed E-state index contributed by atoms with van der Waals surface area (Å²) in [5.74, 6) is 0.371. The smallest absolute Gasteiger partial charge is 0.230 e. The second-order valence-electron chi connectivity index (χ2n) is 5.61. The second-order valence-corrected chi connectivity index (χ2v) is 6.08. The molecule has 1 rings (SSSR count). The lowest BCUT2D eigenvalue weighted by molar-refractivity contribution is -0.125. The van der Waals surface area contributed by atoms with Crippen molar-refractivity contribution < 1.29 is 4.79 Å². The summed E-state index contributed by atoms with van der Waals surface area (Å²) in [6.45, 7) is 8.07. The minimum Gasteiger partial charge on any atom is -0.393 e. The maximum Gasteiger partial charge on any atom is 0.230 e. The van der Waals surface area contributed by atoms with Crippen LogP contribution >= 0.6 is 12.2 Å². The molecule has 1 fully saturated rings. The Kier molecular flexibility index (Phi) is 3.94. The number of carbonyl (C=O) groups excluding carboxylic acids is 1. The van der Waals surface area contributed by atoms with Crippen LogP contribution in [0.25, 0.3) is 0 Å². The summed E-state index contributed by atoms with van der Waals surface area (Å²) >= 11 is 4.96. The highest BCUT2D eigenvalue weighted by Crippen LogP contribution is 2.39. The minimum atomic E-state index is -0.354. The van der Waals surface area contributed by atoms with Crippen molar-refractivity contribution in [2.75, 3.05) is 0 Å². The zero-order valence-corrected chi connectivity index (χ0v) is 11.4. The number of amides is 1. The summed E-state index contributed by atoms with van der Waals surface area (Å²) < 4.78 is 0. The normalized spacial score (nSPS) is 18.3. The molecule has 4 heteroatoms. The minimum absolute atomic E-state index is 0.0283. The van der Waals surface area contributed by atoms with Gasteiger partial charge in [-0.15, -0.1) is 0 Å². The third-order valence-corrected chi connectivity index (χ3v) is 3.55. The third kappa shape index (κ3) is 3.17. The molecule has 1 aliphatic rings. The fourth-order valence-corrected chi connectivity index (χ4v) is 2.44. The van der Waals surface area contributed by atoms with Gasteiger partial charge in [0.1, 0.15) is 0 Å². The molecule has 1 aliphatic carbocycles. The van der Waals surface area contributed by atoms with E-state index in [2.05, 4.69) is 19.2 Å². The highest BCUT2D eigenvalue weighted by atomic mass is 32.1. The Hall–Kier alpha value is -0.640. The molecule has 16 heavy (non-hydrogen) atoms.